The maximum absolute atomic E-state index is 12.4. The van der Waals surface area contributed by atoms with Gasteiger partial charge in [-0.1, -0.05) is 35.3 Å². The van der Waals surface area contributed by atoms with E-state index in [4.69, 9.17) is 27.9 Å². The quantitative estimate of drug-likeness (QED) is 0.801. The van der Waals surface area contributed by atoms with Crippen molar-refractivity contribution in [2.24, 2.45) is 0 Å². The van der Waals surface area contributed by atoms with Crippen LogP contribution in [0.15, 0.2) is 42.5 Å². The Morgan fingerprint density at radius 2 is 1.81 bits per heavy atom. The fourth-order valence-electron chi connectivity index (χ4n) is 1.90. The first-order valence-corrected chi connectivity index (χ1v) is 7.20. The lowest BCUT2D eigenvalue weighted by Crippen LogP contribution is -2.21. The molecule has 2 nitrogen and oxygen atoms in total. The third kappa shape index (κ3) is 4.10. The normalized spacial score (nSPS) is 13.8. The van der Waals surface area contributed by atoms with E-state index in [0.29, 0.717) is 27.1 Å². The topological polar surface area (TPSA) is 29.5 Å². The van der Waals surface area contributed by atoms with Crippen LogP contribution in [0.2, 0.25) is 10.0 Å². The molecule has 0 fully saturated rings. The van der Waals surface area contributed by atoms with Gasteiger partial charge in [-0.25, -0.2) is 0 Å². The maximum atomic E-state index is 12.4. The number of aliphatic hydroxyl groups is 1. The first-order chi connectivity index (χ1) is 9.92. The standard InChI is InChI=1S/C16H15Cl2FO2/c1-16(20,8-9-19)11-2-5-13(6-3-11)21-15-7-4-12(17)10-14(15)18/h2-7,10,20H,8-9H2,1H3. The largest absolute Gasteiger partial charge is 0.456 e. The molecule has 2 aromatic rings. The van der Waals surface area contributed by atoms with Crippen molar-refractivity contribution in [3.05, 3.63) is 58.1 Å². The highest BCUT2D eigenvalue weighted by molar-refractivity contribution is 6.35. The Hall–Kier alpha value is -1.29. The zero-order chi connectivity index (χ0) is 15.5. The van der Waals surface area contributed by atoms with Gasteiger partial charge in [-0.05, 0) is 42.8 Å². The highest BCUT2D eigenvalue weighted by atomic mass is 35.5. The summed E-state index contributed by atoms with van der Waals surface area (Å²) in [7, 11) is 0. The smallest absolute Gasteiger partial charge is 0.146 e. The van der Waals surface area contributed by atoms with Crippen LogP contribution in [0.4, 0.5) is 4.39 Å². The summed E-state index contributed by atoms with van der Waals surface area (Å²) in [6.07, 6.45) is 0.0518. The van der Waals surface area contributed by atoms with Gasteiger partial charge >= 0.3 is 0 Å². The van der Waals surface area contributed by atoms with E-state index in [2.05, 4.69) is 0 Å². The number of hydrogen-bond acceptors (Lipinski definition) is 2. The van der Waals surface area contributed by atoms with E-state index in [0.717, 1.165) is 0 Å². The van der Waals surface area contributed by atoms with E-state index in [1.165, 1.54) is 0 Å². The number of hydrogen-bond donors (Lipinski definition) is 1. The molecule has 0 aliphatic carbocycles. The number of rotatable bonds is 5. The molecule has 0 saturated carbocycles. The van der Waals surface area contributed by atoms with Crippen LogP contribution in [-0.2, 0) is 5.60 Å². The summed E-state index contributed by atoms with van der Waals surface area (Å²) in [6.45, 7) is 1.00. The van der Waals surface area contributed by atoms with Gasteiger partial charge in [0.15, 0.2) is 0 Å². The minimum absolute atomic E-state index is 0.0518. The first kappa shape index (κ1) is 16.1. The Bertz CT molecular complexity index is 612. The summed E-state index contributed by atoms with van der Waals surface area (Å²) >= 11 is 11.9. The minimum atomic E-state index is -1.19. The van der Waals surface area contributed by atoms with Crippen molar-refractivity contribution in [2.45, 2.75) is 18.9 Å². The van der Waals surface area contributed by atoms with Gasteiger partial charge in [-0.2, -0.15) is 0 Å². The fraction of sp³-hybridized carbons (Fsp3) is 0.250. The number of ether oxygens (including phenoxy) is 1. The second-order valence-corrected chi connectivity index (χ2v) is 5.76. The Balaban J connectivity index is 2.16. The molecule has 0 amide bonds. The summed E-state index contributed by atoms with van der Waals surface area (Å²) in [5.41, 5.74) is -0.555. The van der Waals surface area contributed by atoms with Gasteiger partial charge in [0.1, 0.15) is 11.5 Å². The maximum Gasteiger partial charge on any atom is 0.146 e. The molecule has 1 atom stereocenters. The summed E-state index contributed by atoms with van der Waals surface area (Å²) in [4.78, 5) is 0. The van der Waals surface area contributed by atoms with Crippen LogP contribution in [0.5, 0.6) is 11.5 Å². The summed E-state index contributed by atoms with van der Waals surface area (Å²) in [5, 5.41) is 11.1. The van der Waals surface area contributed by atoms with Crippen molar-refractivity contribution in [1.29, 1.82) is 0 Å². The van der Waals surface area contributed by atoms with Gasteiger partial charge in [-0.15, -0.1) is 0 Å². The van der Waals surface area contributed by atoms with E-state index in [-0.39, 0.29) is 6.42 Å². The summed E-state index contributed by atoms with van der Waals surface area (Å²) in [6, 6.07) is 11.8. The molecular formula is C16H15Cl2FO2. The predicted octanol–water partition coefficient (Wildman–Crippen LogP) is 5.35. The van der Waals surface area contributed by atoms with Gasteiger partial charge < -0.3 is 9.84 Å². The number of halogens is 3. The molecule has 0 bridgehead atoms. The van der Waals surface area contributed by atoms with Gasteiger partial charge in [0.25, 0.3) is 0 Å². The van der Waals surface area contributed by atoms with Crippen molar-refractivity contribution in [2.75, 3.05) is 6.67 Å². The molecule has 0 saturated heterocycles. The molecule has 0 spiro atoms. The van der Waals surface area contributed by atoms with Gasteiger partial charge in [-0.3, -0.25) is 4.39 Å². The lowest BCUT2D eigenvalue weighted by atomic mass is 9.93. The highest BCUT2D eigenvalue weighted by Gasteiger charge is 2.22. The average Bonchev–Trinajstić information content (AvgIpc) is 2.42. The molecule has 112 valence electrons. The number of alkyl halides is 1. The Kier molecular flexibility index (Phi) is 5.09. The minimum Gasteiger partial charge on any atom is -0.456 e. The first-order valence-electron chi connectivity index (χ1n) is 6.44. The van der Waals surface area contributed by atoms with Crippen LogP contribution in [0.1, 0.15) is 18.9 Å². The van der Waals surface area contributed by atoms with Crippen LogP contribution in [-0.4, -0.2) is 11.8 Å². The zero-order valence-electron chi connectivity index (χ0n) is 11.4. The van der Waals surface area contributed by atoms with Crippen molar-refractivity contribution in [3.63, 3.8) is 0 Å². The third-order valence-electron chi connectivity index (χ3n) is 3.18. The summed E-state index contributed by atoms with van der Waals surface area (Å²) in [5.74, 6) is 1.06. The van der Waals surface area contributed by atoms with Crippen LogP contribution in [0.25, 0.3) is 0 Å². The molecule has 0 heterocycles. The second-order valence-electron chi connectivity index (χ2n) is 4.91. The zero-order valence-corrected chi connectivity index (χ0v) is 13.0. The Labute approximate surface area is 133 Å². The van der Waals surface area contributed by atoms with Crippen molar-refractivity contribution in [3.8, 4) is 11.5 Å². The monoisotopic (exact) mass is 328 g/mol. The number of benzene rings is 2. The molecule has 1 N–H and O–H groups in total. The van der Waals surface area contributed by atoms with Crippen LogP contribution in [0.3, 0.4) is 0 Å². The highest BCUT2D eigenvalue weighted by Crippen LogP contribution is 2.33. The lowest BCUT2D eigenvalue weighted by Gasteiger charge is -2.22. The van der Waals surface area contributed by atoms with E-state index < -0.39 is 12.3 Å². The van der Waals surface area contributed by atoms with Crippen LogP contribution in [0, 0.1) is 0 Å². The van der Waals surface area contributed by atoms with Gasteiger partial charge in [0.2, 0.25) is 0 Å². The van der Waals surface area contributed by atoms with Crippen molar-refractivity contribution in [1.82, 2.24) is 0 Å². The third-order valence-corrected chi connectivity index (χ3v) is 3.71. The molecule has 1 unspecified atom stereocenters. The lowest BCUT2D eigenvalue weighted by molar-refractivity contribution is 0.0408. The van der Waals surface area contributed by atoms with Gasteiger partial charge in [0, 0.05) is 11.4 Å². The molecule has 2 rings (SSSR count). The molecule has 0 radical (unpaired) electrons. The second kappa shape index (κ2) is 6.65. The molecule has 2 aromatic carbocycles. The Morgan fingerprint density at radius 1 is 1.14 bits per heavy atom. The fourth-order valence-corrected chi connectivity index (χ4v) is 2.34. The summed E-state index contributed by atoms with van der Waals surface area (Å²) < 4.78 is 18.1. The van der Waals surface area contributed by atoms with Crippen LogP contribution < -0.4 is 4.74 Å². The molecular weight excluding hydrogens is 314 g/mol. The SMILES string of the molecule is CC(O)(CCF)c1ccc(Oc2ccc(Cl)cc2Cl)cc1. The van der Waals surface area contributed by atoms with Crippen LogP contribution >= 0.6 is 23.2 Å². The molecule has 5 heteroatoms. The Morgan fingerprint density at radius 3 is 2.38 bits per heavy atom. The molecule has 0 aromatic heterocycles. The molecule has 0 aliphatic rings. The van der Waals surface area contributed by atoms with E-state index in [1.54, 1.807) is 49.4 Å². The van der Waals surface area contributed by atoms with Gasteiger partial charge in [0.05, 0.1) is 17.3 Å². The van der Waals surface area contributed by atoms with Crippen molar-refractivity contribution >= 4 is 23.2 Å². The molecule has 0 aliphatic heterocycles. The predicted molar refractivity (Wildman–Crippen MR) is 83.1 cm³/mol. The van der Waals surface area contributed by atoms with Crippen molar-refractivity contribution < 1.29 is 14.2 Å². The van der Waals surface area contributed by atoms with E-state index >= 15 is 0 Å². The van der Waals surface area contributed by atoms with E-state index in [1.807, 2.05) is 0 Å². The molecule has 21 heavy (non-hydrogen) atoms. The van der Waals surface area contributed by atoms with E-state index in [9.17, 15) is 9.50 Å². The average molecular weight is 329 g/mol.